The van der Waals surface area contributed by atoms with Gasteiger partial charge in [-0.1, -0.05) is 36.4 Å². The van der Waals surface area contributed by atoms with Gasteiger partial charge in [0.25, 0.3) is 5.91 Å². The summed E-state index contributed by atoms with van der Waals surface area (Å²) in [5, 5.41) is 20.2. The molecule has 204 valence electrons. The molecular formula is C27H25F6NO4. The summed E-state index contributed by atoms with van der Waals surface area (Å²) in [5.74, 6) is -0.221. The molecule has 3 N–H and O–H groups in total. The summed E-state index contributed by atoms with van der Waals surface area (Å²) in [6.07, 6.45) is -13.0. The number of aliphatic hydroxyl groups is 2. The highest BCUT2D eigenvalue weighted by molar-refractivity contribution is 5.94. The Balaban J connectivity index is 1.73. The Morgan fingerprint density at radius 3 is 1.84 bits per heavy atom. The SMILES string of the molecule is O=C(NCCC(O)O)c1ccc(C(CCC(F)(F)F)Oc2ccc(-c3ccc(C(F)(F)F)cc3)cc2)cc1. The fourth-order valence-electron chi connectivity index (χ4n) is 3.60. The van der Waals surface area contributed by atoms with Crippen LogP contribution in [0.3, 0.4) is 0 Å². The van der Waals surface area contributed by atoms with Gasteiger partial charge in [0.1, 0.15) is 11.9 Å². The molecule has 0 bridgehead atoms. The molecular weight excluding hydrogens is 516 g/mol. The van der Waals surface area contributed by atoms with E-state index in [2.05, 4.69) is 5.32 Å². The molecule has 0 fully saturated rings. The van der Waals surface area contributed by atoms with Gasteiger partial charge >= 0.3 is 12.4 Å². The molecule has 5 nitrogen and oxygen atoms in total. The minimum atomic E-state index is -4.45. The van der Waals surface area contributed by atoms with E-state index in [1.54, 1.807) is 12.1 Å². The first-order valence-corrected chi connectivity index (χ1v) is 11.6. The third-order valence-corrected chi connectivity index (χ3v) is 5.60. The van der Waals surface area contributed by atoms with Gasteiger partial charge in [0, 0.05) is 24.9 Å². The number of ether oxygens (including phenoxy) is 1. The molecule has 0 radical (unpaired) electrons. The van der Waals surface area contributed by atoms with Crippen LogP contribution in [-0.4, -0.2) is 35.1 Å². The molecule has 0 aliphatic rings. The molecule has 0 aliphatic heterocycles. The van der Waals surface area contributed by atoms with Crippen LogP contribution in [0.15, 0.2) is 72.8 Å². The lowest BCUT2D eigenvalue weighted by Gasteiger charge is -2.21. The van der Waals surface area contributed by atoms with Gasteiger partial charge in [-0.2, -0.15) is 26.3 Å². The number of halogens is 6. The Hall–Kier alpha value is -3.57. The Morgan fingerprint density at radius 1 is 0.789 bits per heavy atom. The summed E-state index contributed by atoms with van der Waals surface area (Å²) < 4.78 is 83.0. The van der Waals surface area contributed by atoms with Crippen molar-refractivity contribution in [3.8, 4) is 16.9 Å². The van der Waals surface area contributed by atoms with E-state index in [0.29, 0.717) is 16.7 Å². The minimum Gasteiger partial charge on any atom is -0.486 e. The summed E-state index contributed by atoms with van der Waals surface area (Å²) in [6.45, 7) is 0.0258. The quantitative estimate of drug-likeness (QED) is 0.209. The van der Waals surface area contributed by atoms with E-state index in [0.717, 1.165) is 12.1 Å². The van der Waals surface area contributed by atoms with E-state index >= 15 is 0 Å². The molecule has 0 saturated carbocycles. The number of aliphatic hydroxyl groups excluding tert-OH is 1. The largest absolute Gasteiger partial charge is 0.486 e. The average Bonchev–Trinajstić information content (AvgIpc) is 2.86. The molecule has 1 amide bonds. The van der Waals surface area contributed by atoms with Gasteiger partial charge < -0.3 is 20.3 Å². The Morgan fingerprint density at radius 2 is 1.34 bits per heavy atom. The molecule has 0 spiro atoms. The maximum Gasteiger partial charge on any atom is 0.416 e. The number of alkyl halides is 6. The van der Waals surface area contributed by atoms with Crippen molar-refractivity contribution >= 4 is 5.91 Å². The van der Waals surface area contributed by atoms with Crippen LogP contribution in [0.1, 0.15) is 46.9 Å². The van der Waals surface area contributed by atoms with Crippen LogP contribution in [-0.2, 0) is 6.18 Å². The number of carbonyl (C=O) groups excluding carboxylic acids is 1. The highest BCUT2D eigenvalue weighted by Gasteiger charge is 2.30. The molecule has 11 heteroatoms. The van der Waals surface area contributed by atoms with Crippen LogP contribution in [0.4, 0.5) is 26.3 Å². The monoisotopic (exact) mass is 541 g/mol. The number of benzene rings is 3. The standard InChI is InChI=1S/C27H25F6NO4/c28-26(29,30)15-13-23(19-1-3-20(4-2-19)25(37)34-16-14-24(35)36)38-22-11-7-18(8-12-22)17-5-9-21(10-6-17)27(31,32)33/h1-12,23-24,35-36H,13-16H2,(H,34,37). The second-order valence-electron chi connectivity index (χ2n) is 8.51. The maximum absolute atomic E-state index is 12.9. The lowest BCUT2D eigenvalue weighted by atomic mass is 10.0. The van der Waals surface area contributed by atoms with Crippen LogP contribution in [0, 0.1) is 0 Å². The van der Waals surface area contributed by atoms with E-state index in [1.165, 1.54) is 48.5 Å². The van der Waals surface area contributed by atoms with Gasteiger partial charge in [0.2, 0.25) is 0 Å². The van der Waals surface area contributed by atoms with Crippen molar-refractivity contribution < 1.29 is 46.1 Å². The van der Waals surface area contributed by atoms with Crippen molar-refractivity contribution in [2.24, 2.45) is 0 Å². The first-order chi connectivity index (χ1) is 17.8. The fourth-order valence-corrected chi connectivity index (χ4v) is 3.60. The second kappa shape index (κ2) is 12.3. The minimum absolute atomic E-state index is 0.0258. The van der Waals surface area contributed by atoms with Crippen LogP contribution >= 0.6 is 0 Å². The maximum atomic E-state index is 12.9. The van der Waals surface area contributed by atoms with E-state index in [9.17, 15) is 31.1 Å². The Kier molecular flexibility index (Phi) is 9.40. The smallest absolute Gasteiger partial charge is 0.416 e. The summed E-state index contributed by atoms with van der Waals surface area (Å²) in [4.78, 5) is 12.2. The van der Waals surface area contributed by atoms with Gasteiger partial charge in [0.15, 0.2) is 6.29 Å². The highest BCUT2D eigenvalue weighted by atomic mass is 19.4. The van der Waals surface area contributed by atoms with Crippen molar-refractivity contribution in [1.82, 2.24) is 5.32 Å². The van der Waals surface area contributed by atoms with Crippen molar-refractivity contribution in [3.63, 3.8) is 0 Å². The molecule has 1 atom stereocenters. The number of carbonyl (C=O) groups is 1. The zero-order valence-electron chi connectivity index (χ0n) is 19.9. The zero-order chi connectivity index (χ0) is 27.9. The van der Waals surface area contributed by atoms with Crippen molar-refractivity contribution in [3.05, 3.63) is 89.5 Å². The molecule has 3 rings (SSSR count). The van der Waals surface area contributed by atoms with Crippen molar-refractivity contribution in [2.75, 3.05) is 6.54 Å². The summed E-state index contributed by atoms with van der Waals surface area (Å²) in [6, 6.07) is 16.6. The normalized spacial score (nSPS) is 12.9. The Labute approximate surface area is 214 Å². The van der Waals surface area contributed by atoms with Crippen molar-refractivity contribution in [1.29, 1.82) is 0 Å². The first kappa shape index (κ1) is 29.0. The van der Waals surface area contributed by atoms with E-state index in [1.807, 2.05) is 0 Å². The number of amides is 1. The van der Waals surface area contributed by atoms with E-state index in [-0.39, 0.29) is 30.7 Å². The van der Waals surface area contributed by atoms with E-state index in [4.69, 9.17) is 14.9 Å². The van der Waals surface area contributed by atoms with Gasteiger partial charge in [-0.05, 0) is 59.5 Å². The third kappa shape index (κ3) is 8.77. The number of hydrogen-bond acceptors (Lipinski definition) is 4. The van der Waals surface area contributed by atoms with Crippen LogP contribution in [0.5, 0.6) is 5.75 Å². The fraction of sp³-hybridized carbons (Fsp3) is 0.296. The van der Waals surface area contributed by atoms with Crippen molar-refractivity contribution in [2.45, 2.75) is 44.0 Å². The van der Waals surface area contributed by atoms with Gasteiger partial charge in [-0.3, -0.25) is 4.79 Å². The number of nitrogens with one attached hydrogen (secondary N) is 1. The number of hydrogen-bond donors (Lipinski definition) is 3. The molecule has 38 heavy (non-hydrogen) atoms. The zero-order valence-corrected chi connectivity index (χ0v) is 19.9. The average molecular weight is 541 g/mol. The summed E-state index contributed by atoms with van der Waals surface area (Å²) >= 11 is 0. The number of rotatable bonds is 10. The lowest BCUT2D eigenvalue weighted by molar-refractivity contribution is -0.139. The molecule has 0 aliphatic carbocycles. The molecule has 3 aromatic carbocycles. The predicted molar refractivity (Wildman–Crippen MR) is 127 cm³/mol. The predicted octanol–water partition coefficient (Wildman–Crippen LogP) is 6.27. The molecule has 1 unspecified atom stereocenters. The molecule has 0 saturated heterocycles. The Bertz CT molecular complexity index is 1170. The molecule has 0 aromatic heterocycles. The second-order valence-corrected chi connectivity index (χ2v) is 8.51. The lowest BCUT2D eigenvalue weighted by Crippen LogP contribution is -2.27. The van der Waals surface area contributed by atoms with Crippen LogP contribution < -0.4 is 10.1 Å². The van der Waals surface area contributed by atoms with Gasteiger partial charge in [0.05, 0.1) is 5.56 Å². The third-order valence-electron chi connectivity index (χ3n) is 5.60. The van der Waals surface area contributed by atoms with E-state index < -0.39 is 42.6 Å². The van der Waals surface area contributed by atoms with Gasteiger partial charge in [-0.25, -0.2) is 0 Å². The summed E-state index contributed by atoms with van der Waals surface area (Å²) in [7, 11) is 0. The molecule has 0 heterocycles. The van der Waals surface area contributed by atoms with Crippen LogP contribution in [0.25, 0.3) is 11.1 Å². The molecule has 3 aromatic rings. The topological polar surface area (TPSA) is 78.8 Å². The summed E-state index contributed by atoms with van der Waals surface area (Å²) in [5.41, 5.74) is 0.990. The van der Waals surface area contributed by atoms with Gasteiger partial charge in [-0.15, -0.1) is 0 Å². The first-order valence-electron chi connectivity index (χ1n) is 11.6. The van der Waals surface area contributed by atoms with Crippen LogP contribution in [0.2, 0.25) is 0 Å². The highest BCUT2D eigenvalue weighted by Crippen LogP contribution is 2.34.